The monoisotopic (exact) mass is 539 g/mol. The molecule has 3 aromatic rings. The molecule has 208 valence electrons. The molecule has 0 amide bonds. The van der Waals surface area contributed by atoms with Gasteiger partial charge in [-0.05, 0) is 90.3 Å². The molecule has 0 aromatic heterocycles. The number of rotatable bonds is 8. The van der Waals surface area contributed by atoms with E-state index in [4.69, 9.17) is 9.47 Å². The number of nitrogens with zero attached hydrogens (tertiary/aromatic N) is 1. The summed E-state index contributed by atoms with van der Waals surface area (Å²) in [4.78, 5) is 2.22. The number of fused-ring (bicyclic) bond motifs is 1. The van der Waals surface area contributed by atoms with Crippen molar-refractivity contribution in [3.05, 3.63) is 88.5 Å². The third-order valence-electron chi connectivity index (χ3n) is 7.38. The maximum absolute atomic E-state index is 15.3. The number of phenolic OH excluding ortho intramolecular Hbond substituents is 1. The lowest BCUT2D eigenvalue weighted by Crippen LogP contribution is -2.26. The number of hydrogen-bond donors (Lipinski definition) is 1. The van der Waals surface area contributed by atoms with Crippen molar-refractivity contribution in [2.75, 3.05) is 33.4 Å². The van der Waals surface area contributed by atoms with E-state index in [1.54, 1.807) is 12.1 Å². The maximum Gasteiger partial charge on any atom is 0.165 e. The Balaban J connectivity index is 0.00000353. The van der Waals surface area contributed by atoms with Gasteiger partial charge in [-0.15, -0.1) is 0 Å². The molecule has 0 radical (unpaired) electrons. The third kappa shape index (κ3) is 6.25. The van der Waals surface area contributed by atoms with E-state index < -0.39 is 11.6 Å². The summed E-state index contributed by atoms with van der Waals surface area (Å²) >= 11 is 0. The first-order chi connectivity index (χ1) is 18.5. The number of ether oxygens (including phenoxy) is 2. The van der Waals surface area contributed by atoms with Crippen molar-refractivity contribution in [3.8, 4) is 17.2 Å². The lowest BCUT2D eigenvalue weighted by molar-refractivity contribution is 0.198. The number of halogens is 3. The molecule has 1 heterocycles. The summed E-state index contributed by atoms with van der Waals surface area (Å²) in [5.41, 5.74) is 4.43. The molecule has 39 heavy (non-hydrogen) atoms. The Morgan fingerprint density at radius 3 is 2.51 bits per heavy atom. The topological polar surface area (TPSA) is 41.9 Å². The van der Waals surface area contributed by atoms with Crippen molar-refractivity contribution in [1.82, 2.24) is 4.90 Å². The van der Waals surface area contributed by atoms with Gasteiger partial charge in [0.2, 0.25) is 0 Å². The Bertz CT molecular complexity index is 1320. The average Bonchev–Trinajstić information content (AvgIpc) is 3.28. The van der Waals surface area contributed by atoms with Crippen molar-refractivity contribution < 1.29 is 27.8 Å². The molecule has 7 heteroatoms. The average molecular weight is 540 g/mol. The van der Waals surface area contributed by atoms with Gasteiger partial charge in [-0.25, -0.2) is 8.78 Å². The maximum atomic E-state index is 15.3. The van der Waals surface area contributed by atoms with Gasteiger partial charge in [0.25, 0.3) is 0 Å². The molecule has 0 bridgehead atoms. The van der Waals surface area contributed by atoms with E-state index in [2.05, 4.69) is 4.90 Å². The molecule has 4 nitrogen and oxygen atoms in total. The number of allylic oxidation sites excluding steroid dienone is 1. The summed E-state index contributed by atoms with van der Waals surface area (Å²) in [7, 11) is 1.31. The van der Waals surface area contributed by atoms with Crippen LogP contribution in [0.3, 0.4) is 0 Å². The van der Waals surface area contributed by atoms with Crippen LogP contribution in [0.5, 0.6) is 17.2 Å². The summed E-state index contributed by atoms with van der Waals surface area (Å²) in [6.45, 7) is 2.10. The summed E-state index contributed by atoms with van der Waals surface area (Å²) in [5.74, 6) is -0.393. The summed E-state index contributed by atoms with van der Waals surface area (Å²) in [5, 5.41) is 10.1. The lowest BCUT2D eigenvalue weighted by atomic mass is 9.87. The van der Waals surface area contributed by atoms with Crippen LogP contribution in [0.4, 0.5) is 13.2 Å². The van der Waals surface area contributed by atoms with Crippen LogP contribution in [0.2, 0.25) is 0 Å². The Morgan fingerprint density at radius 2 is 1.77 bits per heavy atom. The molecule has 0 unspecified atom stereocenters. The number of aryl methyl sites for hydroxylation is 1. The predicted molar refractivity (Wildman–Crippen MR) is 149 cm³/mol. The fourth-order valence-corrected chi connectivity index (χ4v) is 5.56. The molecule has 1 N–H and O–H groups in total. The molecule has 5 rings (SSSR count). The summed E-state index contributed by atoms with van der Waals surface area (Å²) in [6, 6.07) is 15.2. The van der Waals surface area contributed by atoms with Crippen LogP contribution in [-0.2, 0) is 6.42 Å². The van der Waals surface area contributed by atoms with Gasteiger partial charge in [-0.2, -0.15) is 0 Å². The van der Waals surface area contributed by atoms with Gasteiger partial charge in [0.05, 0.1) is 13.8 Å². The highest BCUT2D eigenvalue weighted by Crippen LogP contribution is 2.42. The normalized spacial score (nSPS) is 17.4. The Hall–Kier alpha value is -3.45. The van der Waals surface area contributed by atoms with E-state index in [9.17, 15) is 13.9 Å². The second-order valence-electron chi connectivity index (χ2n) is 9.91. The van der Waals surface area contributed by atoms with Crippen LogP contribution in [0.1, 0.15) is 55.4 Å². The first kappa shape index (κ1) is 28.6. The van der Waals surface area contributed by atoms with Gasteiger partial charge in [0, 0.05) is 31.3 Å². The molecule has 1 fully saturated rings. The number of benzene rings is 3. The zero-order valence-electron chi connectivity index (χ0n) is 21.5. The van der Waals surface area contributed by atoms with E-state index in [1.165, 1.54) is 13.2 Å². The number of methoxy groups -OCH3 is 1. The second kappa shape index (κ2) is 12.6. The molecule has 0 spiro atoms. The molecule has 1 aliphatic carbocycles. The number of likely N-dealkylation sites (tertiary alicyclic amines) is 1. The van der Waals surface area contributed by atoms with Crippen LogP contribution in [0.15, 0.2) is 54.6 Å². The summed E-state index contributed by atoms with van der Waals surface area (Å²) < 4.78 is 53.7. The Morgan fingerprint density at radius 1 is 0.974 bits per heavy atom. The van der Waals surface area contributed by atoms with Gasteiger partial charge in [-0.3, -0.25) is 9.29 Å². The van der Waals surface area contributed by atoms with Gasteiger partial charge in [0.15, 0.2) is 11.6 Å². The van der Waals surface area contributed by atoms with Crippen molar-refractivity contribution in [2.24, 2.45) is 0 Å². The van der Waals surface area contributed by atoms with Gasteiger partial charge in [-0.1, -0.05) is 25.6 Å². The number of alkyl halides is 1. The van der Waals surface area contributed by atoms with Gasteiger partial charge < -0.3 is 14.6 Å². The van der Waals surface area contributed by atoms with Crippen LogP contribution in [0.25, 0.3) is 11.1 Å². The highest BCUT2D eigenvalue weighted by Gasteiger charge is 2.25. The molecule has 3 aromatic carbocycles. The minimum absolute atomic E-state index is 0. The van der Waals surface area contributed by atoms with E-state index in [0.29, 0.717) is 24.8 Å². The van der Waals surface area contributed by atoms with E-state index in [-0.39, 0.29) is 37.3 Å². The van der Waals surface area contributed by atoms with Crippen molar-refractivity contribution in [2.45, 2.75) is 45.6 Å². The first-order valence-electron chi connectivity index (χ1n) is 13.1. The van der Waals surface area contributed by atoms with E-state index in [1.807, 2.05) is 30.3 Å². The van der Waals surface area contributed by atoms with Crippen LogP contribution < -0.4 is 9.47 Å². The predicted octanol–water partition coefficient (Wildman–Crippen LogP) is 7.42. The number of aromatic hydroxyl groups is 1. The zero-order valence-corrected chi connectivity index (χ0v) is 21.5. The Kier molecular flexibility index (Phi) is 9.23. The van der Waals surface area contributed by atoms with Gasteiger partial charge >= 0.3 is 0 Å². The lowest BCUT2D eigenvalue weighted by Gasteiger charge is -2.19. The highest BCUT2D eigenvalue weighted by molar-refractivity contribution is 6.00. The smallest absolute Gasteiger partial charge is 0.165 e. The molecule has 1 atom stereocenters. The van der Waals surface area contributed by atoms with Crippen molar-refractivity contribution in [1.29, 1.82) is 0 Å². The molecular weight excluding hydrogens is 503 g/mol. The fourth-order valence-electron chi connectivity index (χ4n) is 5.56. The van der Waals surface area contributed by atoms with E-state index in [0.717, 1.165) is 66.6 Å². The number of hydrogen-bond acceptors (Lipinski definition) is 4. The minimum Gasteiger partial charge on any atom is -0.508 e. The molecular formula is C32H36F3NO3. The van der Waals surface area contributed by atoms with Crippen LogP contribution >= 0.6 is 0 Å². The largest absolute Gasteiger partial charge is 0.508 e. The zero-order chi connectivity index (χ0) is 26.6. The first-order valence-corrected chi connectivity index (χ1v) is 13.1. The molecule has 1 saturated heterocycles. The third-order valence-corrected chi connectivity index (χ3v) is 7.38. The fraction of sp³-hybridized carbons (Fsp3) is 0.375. The minimum atomic E-state index is -0.619. The van der Waals surface area contributed by atoms with Crippen LogP contribution in [-0.4, -0.2) is 49.5 Å². The van der Waals surface area contributed by atoms with Gasteiger partial charge in [0.1, 0.15) is 23.4 Å². The van der Waals surface area contributed by atoms with Crippen molar-refractivity contribution in [3.63, 3.8) is 0 Å². The van der Waals surface area contributed by atoms with Crippen LogP contribution in [0, 0.1) is 11.6 Å². The Labute approximate surface area is 228 Å². The quantitative estimate of drug-likeness (QED) is 0.323. The molecule has 1 aliphatic heterocycles. The molecule has 2 aliphatic rings. The standard InChI is InChI=1S/C31H32F3NO3.CH4/c1-37-30-18-28(33)27(17-29(30)34)26-5-2-4-21-16-22(36)8-11-25(21)31(26)20-6-9-23(10-7-20)38-24-12-15-35(19-24)14-3-13-32;/h6-11,16-18,24,36H,2-5,12-15,19H2,1H3;1H4/t24-;/m0./s1. The highest BCUT2D eigenvalue weighted by atomic mass is 19.1. The van der Waals surface area contributed by atoms with Crippen molar-refractivity contribution >= 4 is 11.1 Å². The number of phenols is 1. The van der Waals surface area contributed by atoms with E-state index >= 15 is 4.39 Å². The summed E-state index contributed by atoms with van der Waals surface area (Å²) in [6.07, 6.45) is 3.46. The SMILES string of the molecule is C.COc1cc(F)c(C2=C(c3ccc(O[C@H]4CCN(CCCF)C4)cc3)c3ccc(O)cc3CCC2)cc1F. The second-order valence-corrected chi connectivity index (χ2v) is 9.91. The molecule has 0 saturated carbocycles.